The second-order valence-electron chi connectivity index (χ2n) is 36.4. The first-order chi connectivity index (χ1) is 69.5. The normalized spacial score (nSPS) is 14.8. The summed E-state index contributed by atoms with van der Waals surface area (Å²) in [6, 6.07) is 63.7. The molecule has 19 aromatic rings. The highest BCUT2D eigenvalue weighted by atomic mass is 35.5. The van der Waals surface area contributed by atoms with Crippen LogP contribution in [0.4, 0.5) is 0 Å². The molecular formula is C113H109Cl6N21O2. The van der Waals surface area contributed by atoms with E-state index < -0.39 is 0 Å². The number of piperazine rings is 1. The van der Waals surface area contributed by atoms with Gasteiger partial charge in [0.1, 0.15) is 0 Å². The molecule has 0 unspecified atom stereocenters. The van der Waals surface area contributed by atoms with Crippen molar-refractivity contribution >= 4 is 141 Å². The lowest BCUT2D eigenvalue weighted by Gasteiger charge is -2.32. The number of nitrogens with zero attached hydrogens (tertiary/aromatic N) is 21. The molecule has 720 valence electrons. The Balaban J connectivity index is 0.000000113. The number of unbranched alkanes of at least 4 members (excludes halogenated alkanes) is 1. The monoisotopic (exact) mass is 2000 g/mol. The zero-order chi connectivity index (χ0) is 98.0. The van der Waals surface area contributed by atoms with Crippen molar-refractivity contribution < 1.29 is 9.90 Å². The molecule has 23 nitrogen and oxygen atoms in total. The van der Waals surface area contributed by atoms with Crippen LogP contribution < -0.4 is 0 Å². The van der Waals surface area contributed by atoms with E-state index in [-0.39, 0.29) is 6.61 Å². The number of pyridine rings is 6. The molecule has 13 aromatic heterocycles. The minimum absolute atomic E-state index is 0.0150. The Labute approximate surface area is 856 Å². The van der Waals surface area contributed by atoms with Gasteiger partial charge in [-0.2, -0.15) is 15.6 Å². The summed E-state index contributed by atoms with van der Waals surface area (Å²) in [6.07, 6.45) is 49.2. The van der Waals surface area contributed by atoms with Gasteiger partial charge in [-0.1, -0.05) is 69.6 Å². The van der Waals surface area contributed by atoms with Gasteiger partial charge >= 0.3 is 0 Å². The Hall–Kier alpha value is -13.2. The number of hydrogen-bond acceptors (Lipinski definition) is 16. The maximum Gasteiger partial charge on any atom is 0.152 e. The fourth-order valence-electron chi connectivity index (χ4n) is 19.9. The van der Waals surface area contributed by atoms with Gasteiger partial charge in [0.05, 0.1) is 95.2 Å². The minimum atomic E-state index is 0.0150. The van der Waals surface area contributed by atoms with Crippen LogP contribution in [0.15, 0.2) is 306 Å². The Bertz CT molecular complexity index is 7540. The number of aryl methyl sites for hydroxylation is 1. The first-order valence-electron chi connectivity index (χ1n) is 48.1. The summed E-state index contributed by atoms with van der Waals surface area (Å²) in [6.45, 7) is 15.0. The van der Waals surface area contributed by atoms with Crippen molar-refractivity contribution in [2.75, 3.05) is 85.6 Å². The molecule has 1 N–H and O–H groups in total. The molecule has 6 aromatic carbocycles. The maximum absolute atomic E-state index is 11.1. The van der Waals surface area contributed by atoms with E-state index in [9.17, 15) is 9.90 Å². The van der Waals surface area contributed by atoms with Crippen LogP contribution in [0.2, 0.25) is 30.1 Å². The number of aromatic nitrogens is 14. The van der Waals surface area contributed by atoms with Gasteiger partial charge in [0, 0.05) is 260 Å². The molecular weight excluding hydrogens is 1900 g/mol. The number of likely N-dealkylation sites (tertiary alicyclic amines) is 3. The lowest BCUT2D eigenvalue weighted by Crippen LogP contribution is -2.43. The molecule has 23 rings (SSSR count). The van der Waals surface area contributed by atoms with E-state index in [0.29, 0.717) is 46.2 Å². The average Bonchev–Trinajstić information content (AvgIpc) is 1.62. The summed E-state index contributed by atoms with van der Waals surface area (Å²) in [5.74, 6) is 1.68. The molecule has 4 aliphatic rings. The molecule has 17 heterocycles. The fraction of sp³-hybridized carbons (Fsp3) is 0.257. The van der Waals surface area contributed by atoms with Gasteiger partial charge in [-0.25, -0.2) is 0 Å². The summed E-state index contributed by atoms with van der Waals surface area (Å²) in [5, 5.41) is 42.6. The highest BCUT2D eigenvalue weighted by Crippen LogP contribution is 2.41. The minimum Gasteiger partial charge on any atom is -0.392 e. The summed E-state index contributed by atoms with van der Waals surface area (Å²) in [5.41, 5.74) is 21.3. The van der Waals surface area contributed by atoms with Crippen molar-refractivity contribution in [2.45, 2.75) is 95.2 Å². The number of aliphatic hydroxyl groups excluding tert-OH is 1. The topological polar surface area (TPSA) is 226 Å². The fourth-order valence-corrected chi connectivity index (χ4v) is 20.6. The van der Waals surface area contributed by atoms with Gasteiger partial charge in [-0.3, -0.25) is 49.2 Å². The highest BCUT2D eigenvalue weighted by Gasteiger charge is 2.29. The largest absolute Gasteiger partial charge is 0.392 e. The molecule has 0 aliphatic carbocycles. The Morgan fingerprint density at radius 1 is 0.331 bits per heavy atom. The van der Waals surface area contributed by atoms with E-state index in [1.165, 1.54) is 62.2 Å². The number of nitriles is 2. The van der Waals surface area contributed by atoms with E-state index >= 15 is 0 Å². The predicted octanol–water partition coefficient (Wildman–Crippen LogP) is 24.8. The lowest BCUT2D eigenvalue weighted by atomic mass is 9.89. The summed E-state index contributed by atoms with van der Waals surface area (Å²) >= 11 is 36.0. The number of likely N-dealkylation sites (N-methyl/N-ethyl adjacent to an activating group) is 1. The average molecular weight is 2010 g/mol. The molecule has 0 atom stereocenters. The molecule has 4 aliphatic heterocycles. The van der Waals surface area contributed by atoms with Crippen molar-refractivity contribution in [3.05, 3.63) is 375 Å². The van der Waals surface area contributed by atoms with Crippen LogP contribution in [0.25, 0.3) is 99.5 Å². The van der Waals surface area contributed by atoms with E-state index in [0.717, 1.165) is 234 Å². The number of carbonyl (C=O) groups is 1. The molecule has 142 heavy (non-hydrogen) atoms. The van der Waals surface area contributed by atoms with Gasteiger partial charge in [0.15, 0.2) is 6.29 Å². The molecule has 0 saturated carbocycles. The van der Waals surface area contributed by atoms with E-state index in [1.807, 2.05) is 210 Å². The first kappa shape index (κ1) is 99.0. The Kier molecular flexibility index (Phi) is 32.9. The predicted molar refractivity (Wildman–Crippen MR) is 573 cm³/mol. The molecule has 0 bridgehead atoms. The number of carbonyl (C=O) groups excluding carboxylic acids is 1. The van der Waals surface area contributed by atoms with Crippen molar-refractivity contribution in [3.63, 3.8) is 0 Å². The quantitative estimate of drug-likeness (QED) is 0.0553. The number of aldehydes is 1. The van der Waals surface area contributed by atoms with Crippen molar-refractivity contribution in [1.82, 2.24) is 91.6 Å². The molecule has 0 amide bonds. The molecule has 4 saturated heterocycles. The van der Waals surface area contributed by atoms with E-state index in [2.05, 4.69) is 189 Å². The van der Waals surface area contributed by atoms with Gasteiger partial charge in [-0.05, 0) is 320 Å². The second-order valence-corrected chi connectivity index (χ2v) is 39.0. The van der Waals surface area contributed by atoms with E-state index in [1.54, 1.807) is 24.8 Å². The van der Waals surface area contributed by atoms with Gasteiger partial charge in [-0.15, -0.1) is 0 Å². The van der Waals surface area contributed by atoms with Crippen LogP contribution in [0, 0.1) is 22.7 Å². The van der Waals surface area contributed by atoms with E-state index in [4.69, 9.17) is 80.1 Å². The van der Waals surface area contributed by atoms with Crippen LogP contribution in [-0.4, -0.2) is 189 Å². The zero-order valence-electron chi connectivity index (χ0n) is 79.2. The Morgan fingerprint density at radius 3 is 0.979 bits per heavy atom. The third-order valence-corrected chi connectivity index (χ3v) is 28.9. The number of hydrogen-bond donors (Lipinski definition) is 1. The van der Waals surface area contributed by atoms with Crippen molar-refractivity contribution in [1.29, 1.82) is 10.5 Å². The summed E-state index contributed by atoms with van der Waals surface area (Å²) in [4.78, 5) is 49.0. The first-order valence-corrected chi connectivity index (χ1v) is 50.3. The number of rotatable bonds is 20. The molecule has 4 fully saturated rings. The maximum atomic E-state index is 11.1. The van der Waals surface area contributed by atoms with Crippen molar-refractivity contribution in [2.24, 2.45) is 7.05 Å². The SMILES string of the molecule is CN1CCN(Cc2cn(-c3ccc(Cl)cc3)c3cnccc23)CC1.Cn1cc(CN2CCC(c3cn(-c4ccc(Cl)cc4)c4cnccc34)CC2)cn1.N#CCCCN1CCC(c2cn(-c3ccc(Cl)cc3)c3cnccc23)CC1.N#CCCN1CCC(c2cn(-c3ccc(Cl)cc3)c3cnccc23)CC1.O=Cc1cn(-c2ccc(Cl)cc2)c2cnccc12.OCc1cn(-c2ccc(Cl)cc2)c2cnccc12. The Morgan fingerprint density at radius 2 is 0.634 bits per heavy atom. The van der Waals surface area contributed by atoms with Crippen molar-refractivity contribution in [3.8, 4) is 46.3 Å². The number of benzene rings is 6. The molecule has 0 spiro atoms. The highest BCUT2D eigenvalue weighted by molar-refractivity contribution is 6.32. The smallest absolute Gasteiger partial charge is 0.152 e. The van der Waals surface area contributed by atoms with Gasteiger partial charge in [0.25, 0.3) is 0 Å². The third kappa shape index (κ3) is 23.7. The molecule has 29 heteroatoms. The number of piperidine rings is 3. The van der Waals surface area contributed by atoms with Crippen LogP contribution in [0.1, 0.15) is 119 Å². The summed E-state index contributed by atoms with van der Waals surface area (Å²) in [7, 11) is 4.16. The number of aliphatic hydroxyl groups is 1. The van der Waals surface area contributed by atoms with Crippen LogP contribution in [0.5, 0.6) is 0 Å². The van der Waals surface area contributed by atoms with Crippen LogP contribution in [0.3, 0.4) is 0 Å². The number of halogens is 6. The van der Waals surface area contributed by atoms with Crippen LogP contribution >= 0.6 is 69.6 Å². The zero-order valence-corrected chi connectivity index (χ0v) is 83.7. The number of fused-ring (bicyclic) bond motifs is 6. The van der Waals surface area contributed by atoms with Gasteiger partial charge < -0.3 is 47.2 Å². The summed E-state index contributed by atoms with van der Waals surface area (Å²) < 4.78 is 14.7. The van der Waals surface area contributed by atoms with Gasteiger partial charge in [0.2, 0.25) is 0 Å². The lowest BCUT2D eigenvalue weighted by molar-refractivity contribution is 0.112. The third-order valence-electron chi connectivity index (χ3n) is 27.4. The second kappa shape index (κ2) is 47.1. The van der Waals surface area contributed by atoms with Crippen LogP contribution in [-0.2, 0) is 26.7 Å². The molecule has 0 radical (unpaired) electrons. The standard InChI is InChI=1S/C23H24ClN5.C22H23ClN4.C21H21ClN4.C19H21ClN4.C14H11ClN2O.C14H9ClN2O/c1-27-14-17(12-26-27)15-28-10-7-18(8-11-28)22-16-29(20-4-2-19(24)3-5-20)23-13-25-9-6-21(22)23;23-18-3-5-19(6-4-18)27-16-21(20-7-11-25-15-22(20)27)17-8-13-26(14-9-17)12-2-1-10-24;22-17-2-4-18(5-3-17)26-15-20(19-6-10-24-14-21(19)26)16-7-12-25(13-8-16)11-1-9-23;1-22-8-10-23(11-9-22)13-15-14-24(17-4-2-16(20)3-5-17)19-12-21-7-6-18(15)19;2*15-11-1-3-12(4-2-11)17-8-10(9-18)13-5-6-16-7-14(13)17/h2-6,9,12-14,16,18H,7-8,10-11,15H2,1H3;3-7,11,15-17H,1-2,8-9,12-14H2;2-6,10,14-16H,1,7-8,11-13H2;2-7,12,14H,8-11,13H2,1H3;1-8,18H,9H2;1-9H.